The molecule has 2 rings (SSSR count). The lowest BCUT2D eigenvalue weighted by Crippen LogP contribution is -2.17. The van der Waals surface area contributed by atoms with Gasteiger partial charge in [0.2, 0.25) is 10.0 Å². The number of rotatable bonds is 4. The summed E-state index contributed by atoms with van der Waals surface area (Å²) in [6.07, 6.45) is 1.04. The van der Waals surface area contributed by atoms with Crippen molar-refractivity contribution in [2.45, 2.75) is 0 Å². The second-order valence-corrected chi connectivity index (χ2v) is 6.96. The molecule has 0 unspecified atom stereocenters. The highest BCUT2D eigenvalue weighted by atomic mass is 79.9. The Hall–Kier alpha value is -1.86. The Morgan fingerprint density at radius 2 is 1.57 bits per heavy atom. The van der Waals surface area contributed by atoms with Crippen LogP contribution in [0.25, 0.3) is 0 Å². The fourth-order valence-electron chi connectivity index (χ4n) is 1.72. The topological polar surface area (TPSA) is 75.3 Å². The van der Waals surface area contributed by atoms with Crippen molar-refractivity contribution in [1.29, 1.82) is 0 Å². The van der Waals surface area contributed by atoms with Gasteiger partial charge in [0.05, 0.1) is 23.2 Å². The standard InChI is InChI=1S/C14H13BrN2O3S/c1-21(19,20)17-12-8-4-2-6-10(12)14(18)16-13-9-5-3-7-11(13)15/h2-9,17H,1H3,(H,16,18). The predicted molar refractivity (Wildman–Crippen MR) is 87.0 cm³/mol. The summed E-state index contributed by atoms with van der Waals surface area (Å²) in [4.78, 5) is 12.3. The Labute approximate surface area is 131 Å². The van der Waals surface area contributed by atoms with Gasteiger partial charge >= 0.3 is 0 Å². The molecule has 2 aromatic rings. The number of benzene rings is 2. The van der Waals surface area contributed by atoms with Crippen LogP contribution in [0.4, 0.5) is 11.4 Å². The maximum Gasteiger partial charge on any atom is 0.257 e. The van der Waals surface area contributed by atoms with Crippen LogP contribution in [0.3, 0.4) is 0 Å². The molecule has 7 heteroatoms. The molecular formula is C14H13BrN2O3S. The molecule has 2 aromatic carbocycles. The Balaban J connectivity index is 2.30. The summed E-state index contributed by atoms with van der Waals surface area (Å²) in [5.74, 6) is -0.395. The number of anilines is 2. The molecule has 0 heterocycles. The third kappa shape index (κ3) is 4.30. The second kappa shape index (κ2) is 6.28. The molecule has 0 aliphatic rings. The highest BCUT2D eigenvalue weighted by Gasteiger charge is 2.14. The molecule has 0 aliphatic heterocycles. The summed E-state index contributed by atoms with van der Waals surface area (Å²) in [5, 5.41) is 2.73. The number of carbonyl (C=O) groups excluding carboxylic acids is 1. The quantitative estimate of drug-likeness (QED) is 0.870. The maximum atomic E-state index is 12.3. The van der Waals surface area contributed by atoms with Gasteiger partial charge in [0, 0.05) is 4.47 Å². The summed E-state index contributed by atoms with van der Waals surface area (Å²) in [6, 6.07) is 13.6. The predicted octanol–water partition coefficient (Wildman–Crippen LogP) is 3.07. The highest BCUT2D eigenvalue weighted by Crippen LogP contribution is 2.23. The van der Waals surface area contributed by atoms with Crippen LogP contribution in [0, 0.1) is 0 Å². The first-order valence-corrected chi connectivity index (χ1v) is 8.68. The van der Waals surface area contributed by atoms with Crippen LogP contribution in [0.5, 0.6) is 0 Å². The SMILES string of the molecule is CS(=O)(=O)Nc1ccccc1C(=O)Nc1ccccc1Br. The third-order valence-electron chi connectivity index (χ3n) is 2.59. The molecule has 0 saturated heterocycles. The largest absolute Gasteiger partial charge is 0.321 e. The number of halogens is 1. The Morgan fingerprint density at radius 3 is 2.19 bits per heavy atom. The van der Waals surface area contributed by atoms with E-state index in [-0.39, 0.29) is 11.3 Å². The summed E-state index contributed by atoms with van der Waals surface area (Å²) in [6.45, 7) is 0. The van der Waals surface area contributed by atoms with Crippen LogP contribution in [-0.4, -0.2) is 20.6 Å². The van der Waals surface area contributed by atoms with Gasteiger partial charge in [-0.25, -0.2) is 8.42 Å². The smallest absolute Gasteiger partial charge is 0.257 e. The molecular weight excluding hydrogens is 356 g/mol. The molecule has 21 heavy (non-hydrogen) atoms. The number of hydrogen-bond acceptors (Lipinski definition) is 3. The summed E-state index contributed by atoms with van der Waals surface area (Å²) in [7, 11) is -3.45. The van der Waals surface area contributed by atoms with Crippen molar-refractivity contribution in [3.63, 3.8) is 0 Å². The number of nitrogens with one attached hydrogen (secondary N) is 2. The number of amides is 1. The van der Waals surface area contributed by atoms with Crippen molar-refractivity contribution in [3.05, 3.63) is 58.6 Å². The van der Waals surface area contributed by atoms with Gasteiger partial charge in [-0.3, -0.25) is 9.52 Å². The fraction of sp³-hybridized carbons (Fsp3) is 0.0714. The molecule has 0 atom stereocenters. The molecule has 5 nitrogen and oxygen atoms in total. The van der Waals surface area contributed by atoms with Crippen molar-refractivity contribution < 1.29 is 13.2 Å². The summed E-state index contributed by atoms with van der Waals surface area (Å²) in [5.41, 5.74) is 1.10. The van der Waals surface area contributed by atoms with Gasteiger partial charge in [-0.05, 0) is 40.2 Å². The van der Waals surface area contributed by atoms with Crippen LogP contribution in [-0.2, 0) is 10.0 Å². The number of sulfonamides is 1. The van der Waals surface area contributed by atoms with Crippen molar-refractivity contribution in [3.8, 4) is 0 Å². The maximum absolute atomic E-state index is 12.3. The van der Waals surface area contributed by atoms with Crippen molar-refractivity contribution in [2.24, 2.45) is 0 Å². The van der Waals surface area contributed by atoms with Gasteiger partial charge in [0.15, 0.2) is 0 Å². The molecule has 2 N–H and O–H groups in total. The van der Waals surface area contributed by atoms with Gasteiger partial charge in [0.1, 0.15) is 0 Å². The minimum absolute atomic E-state index is 0.240. The molecule has 0 bridgehead atoms. The first-order chi connectivity index (χ1) is 9.87. The van der Waals surface area contributed by atoms with E-state index >= 15 is 0 Å². The second-order valence-electron chi connectivity index (χ2n) is 4.35. The first kappa shape index (κ1) is 15.5. The van der Waals surface area contributed by atoms with Gasteiger partial charge < -0.3 is 5.32 Å². The average Bonchev–Trinajstić information content (AvgIpc) is 2.40. The zero-order chi connectivity index (χ0) is 15.5. The monoisotopic (exact) mass is 368 g/mol. The molecule has 0 spiro atoms. The lowest BCUT2D eigenvalue weighted by Gasteiger charge is -2.11. The summed E-state index contributed by atoms with van der Waals surface area (Å²) < 4.78 is 25.7. The van der Waals surface area contributed by atoms with Crippen LogP contribution in [0.2, 0.25) is 0 Å². The van der Waals surface area contributed by atoms with E-state index in [0.29, 0.717) is 5.69 Å². The van der Waals surface area contributed by atoms with E-state index in [1.54, 1.807) is 36.4 Å². The van der Waals surface area contributed by atoms with Crippen LogP contribution < -0.4 is 10.0 Å². The molecule has 1 amide bonds. The van der Waals surface area contributed by atoms with E-state index in [1.807, 2.05) is 6.07 Å². The van der Waals surface area contributed by atoms with E-state index in [2.05, 4.69) is 26.0 Å². The Bertz CT molecular complexity index is 775. The molecule has 110 valence electrons. The van der Waals surface area contributed by atoms with Crippen LogP contribution in [0.1, 0.15) is 10.4 Å². The Morgan fingerprint density at radius 1 is 1.00 bits per heavy atom. The molecule has 0 aromatic heterocycles. The van der Waals surface area contributed by atoms with Crippen LogP contribution in [0.15, 0.2) is 53.0 Å². The first-order valence-electron chi connectivity index (χ1n) is 5.99. The highest BCUT2D eigenvalue weighted by molar-refractivity contribution is 9.10. The molecule has 0 fully saturated rings. The van der Waals surface area contributed by atoms with E-state index in [9.17, 15) is 13.2 Å². The zero-order valence-corrected chi connectivity index (χ0v) is 13.5. The molecule has 0 aliphatic carbocycles. The van der Waals surface area contributed by atoms with E-state index in [1.165, 1.54) is 6.07 Å². The summed E-state index contributed by atoms with van der Waals surface area (Å²) >= 11 is 3.34. The van der Waals surface area contributed by atoms with E-state index in [4.69, 9.17) is 0 Å². The van der Waals surface area contributed by atoms with Gasteiger partial charge in [-0.15, -0.1) is 0 Å². The zero-order valence-electron chi connectivity index (χ0n) is 11.1. The van der Waals surface area contributed by atoms with E-state index < -0.39 is 15.9 Å². The van der Waals surface area contributed by atoms with Gasteiger partial charge in [-0.1, -0.05) is 24.3 Å². The normalized spacial score (nSPS) is 11.0. The average molecular weight is 369 g/mol. The minimum atomic E-state index is -3.45. The molecule has 0 radical (unpaired) electrons. The van der Waals surface area contributed by atoms with E-state index in [0.717, 1.165) is 10.7 Å². The van der Waals surface area contributed by atoms with Gasteiger partial charge in [0.25, 0.3) is 5.91 Å². The number of carbonyl (C=O) groups is 1. The van der Waals surface area contributed by atoms with Crippen molar-refractivity contribution in [2.75, 3.05) is 16.3 Å². The fourth-order valence-corrected chi connectivity index (χ4v) is 2.68. The minimum Gasteiger partial charge on any atom is -0.321 e. The van der Waals surface area contributed by atoms with Gasteiger partial charge in [-0.2, -0.15) is 0 Å². The number of hydrogen-bond donors (Lipinski definition) is 2. The van der Waals surface area contributed by atoms with Crippen LogP contribution >= 0.6 is 15.9 Å². The lowest BCUT2D eigenvalue weighted by molar-refractivity contribution is 0.102. The lowest BCUT2D eigenvalue weighted by atomic mass is 10.1. The van der Waals surface area contributed by atoms with Crippen molar-refractivity contribution in [1.82, 2.24) is 0 Å². The van der Waals surface area contributed by atoms with Crippen molar-refractivity contribution >= 4 is 43.2 Å². The molecule has 0 saturated carbocycles. The Kier molecular flexibility index (Phi) is 4.64. The third-order valence-corrected chi connectivity index (χ3v) is 3.87. The number of para-hydroxylation sites is 2.